The minimum atomic E-state index is -4.80. The van der Waals surface area contributed by atoms with Crippen molar-refractivity contribution >= 4 is 33.2 Å². The molecule has 12 heteroatoms. The summed E-state index contributed by atoms with van der Waals surface area (Å²) in [5.74, 6) is 0. The number of aromatic amines is 1. The molecule has 0 amide bonds. The van der Waals surface area contributed by atoms with Crippen molar-refractivity contribution in [1.29, 1.82) is 5.26 Å². The Balaban J connectivity index is 1.80. The van der Waals surface area contributed by atoms with Gasteiger partial charge < -0.3 is 10.3 Å². The van der Waals surface area contributed by atoms with E-state index in [-0.39, 0.29) is 45.2 Å². The lowest BCUT2D eigenvalue weighted by Gasteiger charge is -2.36. The Morgan fingerprint density at radius 1 is 1.28 bits per heavy atom. The Morgan fingerprint density at radius 2 is 2.00 bits per heavy atom. The van der Waals surface area contributed by atoms with Gasteiger partial charge in [0.2, 0.25) is 0 Å². The second-order valence-electron chi connectivity index (χ2n) is 10.7. The predicted molar refractivity (Wildman–Crippen MR) is 146 cm³/mol. The second-order valence-corrected chi connectivity index (χ2v) is 12.9. The molecule has 1 atom stereocenters. The highest BCUT2D eigenvalue weighted by atomic mass is 32.2. The average molecular weight is 563 g/mol. The molecule has 1 aromatic carbocycles. The topological polar surface area (TPSA) is 122 Å². The van der Waals surface area contributed by atoms with Gasteiger partial charge in [0.15, 0.2) is 9.84 Å². The molecule has 2 aliphatic rings. The third-order valence-corrected chi connectivity index (χ3v) is 9.89. The van der Waals surface area contributed by atoms with E-state index in [1.165, 1.54) is 18.3 Å². The molecule has 2 fully saturated rings. The first-order chi connectivity index (χ1) is 18.4. The number of fused-ring (bicyclic) bond motifs is 1. The summed E-state index contributed by atoms with van der Waals surface area (Å²) in [5.41, 5.74) is -1.39. The Kier molecular flexibility index (Phi) is 8.35. The number of hydrogen-bond donors (Lipinski definition) is 3. The number of aromatic nitrogens is 1. The smallest absolute Gasteiger partial charge is 0.359 e. The second kappa shape index (κ2) is 11.2. The van der Waals surface area contributed by atoms with Crippen molar-refractivity contribution < 1.29 is 21.6 Å². The van der Waals surface area contributed by atoms with Gasteiger partial charge >= 0.3 is 6.18 Å². The van der Waals surface area contributed by atoms with E-state index >= 15 is 0 Å². The van der Waals surface area contributed by atoms with E-state index in [1.54, 1.807) is 0 Å². The molecule has 8 nitrogen and oxygen atoms in total. The maximum absolute atomic E-state index is 14.2. The number of nitrogens with zero attached hydrogens (tertiary/aromatic N) is 3. The number of alkyl halides is 3. The minimum Gasteiger partial charge on any atom is -0.359 e. The van der Waals surface area contributed by atoms with Crippen molar-refractivity contribution in [2.24, 2.45) is 9.98 Å². The summed E-state index contributed by atoms with van der Waals surface area (Å²) in [6, 6.07) is 4.77. The summed E-state index contributed by atoms with van der Waals surface area (Å²) in [5, 5.41) is 15.9. The molecule has 1 aromatic heterocycles. The first-order valence-corrected chi connectivity index (χ1v) is 14.5. The number of rotatable bonds is 8. The molecule has 2 aromatic rings. The van der Waals surface area contributed by atoms with E-state index in [1.807, 2.05) is 6.07 Å². The number of piperidine rings is 1. The summed E-state index contributed by atoms with van der Waals surface area (Å²) in [6.45, 7) is 7.94. The molecule has 39 heavy (non-hydrogen) atoms. The van der Waals surface area contributed by atoms with Gasteiger partial charge in [0.25, 0.3) is 0 Å². The molecular weight excluding hydrogens is 529 g/mol. The molecular formula is C27H33F3N6O2S. The lowest BCUT2D eigenvalue weighted by Crippen LogP contribution is -2.52. The van der Waals surface area contributed by atoms with Crippen LogP contribution in [0.5, 0.6) is 0 Å². The van der Waals surface area contributed by atoms with Crippen molar-refractivity contribution in [3.63, 3.8) is 0 Å². The van der Waals surface area contributed by atoms with E-state index in [2.05, 4.69) is 46.2 Å². The van der Waals surface area contributed by atoms with Crippen LogP contribution in [0.2, 0.25) is 0 Å². The summed E-state index contributed by atoms with van der Waals surface area (Å²) in [7, 11) is -3.90. The molecule has 1 aliphatic heterocycles. The Bertz CT molecular complexity index is 1430. The lowest BCUT2D eigenvalue weighted by molar-refractivity contribution is -0.0861. The summed E-state index contributed by atoms with van der Waals surface area (Å²) in [6.07, 6.45) is 1.36. The normalized spacial score (nSPS) is 21.3. The SMILES string of the molecule is C=N/C=C(\C(=NCN[C@H]1CCC(C)(C)NC1)c1c[nH]c2c(S(=O)(=O)C3CCCC3)c(C#N)ccc12)C(F)(F)F. The third kappa shape index (κ3) is 6.10. The van der Waals surface area contributed by atoms with Crippen LogP contribution >= 0.6 is 0 Å². The average Bonchev–Trinajstić information content (AvgIpc) is 3.56. The number of allylic oxidation sites excluding steroid dienone is 1. The van der Waals surface area contributed by atoms with Crippen LogP contribution in [-0.4, -0.2) is 62.1 Å². The zero-order valence-electron chi connectivity index (χ0n) is 22.0. The van der Waals surface area contributed by atoms with Crippen LogP contribution < -0.4 is 10.6 Å². The van der Waals surface area contributed by atoms with Gasteiger partial charge in [-0.1, -0.05) is 18.9 Å². The zero-order chi connectivity index (χ0) is 28.4. The van der Waals surface area contributed by atoms with Crippen LogP contribution in [0.3, 0.4) is 0 Å². The number of H-pyrrole nitrogens is 1. The maximum atomic E-state index is 14.2. The summed E-state index contributed by atoms with van der Waals surface area (Å²) >= 11 is 0. The summed E-state index contributed by atoms with van der Waals surface area (Å²) < 4.78 is 69.7. The number of benzene rings is 1. The Labute approximate surface area is 226 Å². The van der Waals surface area contributed by atoms with Crippen molar-refractivity contribution in [3.05, 3.63) is 41.2 Å². The third-order valence-electron chi connectivity index (χ3n) is 7.55. The van der Waals surface area contributed by atoms with Crippen LogP contribution in [0, 0.1) is 11.3 Å². The largest absolute Gasteiger partial charge is 0.419 e. The number of halogens is 3. The molecule has 2 heterocycles. The number of hydrogen-bond acceptors (Lipinski definition) is 7. The number of aliphatic imine (C=N–C) groups is 2. The highest BCUT2D eigenvalue weighted by Crippen LogP contribution is 2.37. The predicted octanol–water partition coefficient (Wildman–Crippen LogP) is 4.77. The molecule has 4 rings (SSSR count). The molecule has 1 aliphatic carbocycles. The molecule has 0 unspecified atom stereocenters. The fraction of sp³-hybridized carbons (Fsp3) is 0.519. The van der Waals surface area contributed by atoms with Crippen molar-refractivity contribution in [2.75, 3.05) is 13.2 Å². The maximum Gasteiger partial charge on any atom is 0.419 e. The first kappa shape index (κ1) is 29.0. The lowest BCUT2D eigenvalue weighted by atomic mass is 9.91. The number of nitriles is 1. The molecule has 1 saturated heterocycles. The highest BCUT2D eigenvalue weighted by Gasteiger charge is 2.39. The van der Waals surface area contributed by atoms with Crippen LogP contribution in [0.15, 0.2) is 45.0 Å². The van der Waals surface area contributed by atoms with Gasteiger partial charge in [-0.05, 0) is 52.3 Å². The van der Waals surface area contributed by atoms with Crippen molar-refractivity contribution in [2.45, 2.75) is 80.3 Å². The van der Waals surface area contributed by atoms with Gasteiger partial charge in [0, 0.05) is 41.5 Å². The van der Waals surface area contributed by atoms with Gasteiger partial charge in [-0.2, -0.15) is 18.4 Å². The first-order valence-electron chi connectivity index (χ1n) is 12.9. The minimum absolute atomic E-state index is 0.00269. The monoisotopic (exact) mass is 562 g/mol. The molecule has 0 spiro atoms. The fourth-order valence-electron chi connectivity index (χ4n) is 5.35. The van der Waals surface area contributed by atoms with Gasteiger partial charge in [0.05, 0.1) is 34.3 Å². The summed E-state index contributed by atoms with van der Waals surface area (Å²) in [4.78, 5) is 10.4. The molecule has 1 saturated carbocycles. The fourth-order valence-corrected chi connectivity index (χ4v) is 7.51. The van der Waals surface area contributed by atoms with Crippen molar-refractivity contribution in [3.8, 4) is 6.07 Å². The van der Waals surface area contributed by atoms with Crippen molar-refractivity contribution in [1.82, 2.24) is 15.6 Å². The van der Waals surface area contributed by atoms with E-state index < -0.39 is 32.5 Å². The molecule has 0 radical (unpaired) electrons. The molecule has 0 bridgehead atoms. The quantitative estimate of drug-likeness (QED) is 0.400. The van der Waals surface area contributed by atoms with Crippen LogP contribution in [-0.2, 0) is 9.84 Å². The van der Waals surface area contributed by atoms with Gasteiger partial charge in [-0.3, -0.25) is 15.3 Å². The van der Waals surface area contributed by atoms with Crippen LogP contribution in [0.4, 0.5) is 13.2 Å². The van der Waals surface area contributed by atoms with Gasteiger partial charge in [-0.15, -0.1) is 0 Å². The van der Waals surface area contributed by atoms with E-state index in [4.69, 9.17) is 0 Å². The van der Waals surface area contributed by atoms with Crippen LogP contribution in [0.25, 0.3) is 10.9 Å². The zero-order valence-corrected chi connectivity index (χ0v) is 22.8. The molecule has 210 valence electrons. The van der Waals surface area contributed by atoms with E-state index in [0.29, 0.717) is 25.6 Å². The number of nitrogens with one attached hydrogen (secondary N) is 3. The standard InChI is InChI=1S/C27H33F3N6O2S/c1-26(2)11-10-18(13-36-26)34-16-35-23(22(15-32-3)27(28,29)30)21-14-33-24-20(21)9-8-17(12-31)25(24)39(37,38)19-6-4-5-7-19/h8-9,14-15,18-19,33-34,36H,3-7,10-11,13,16H2,1-2H3/b22-15+,35-23?/t18-/m0/s1. The van der Waals surface area contributed by atoms with E-state index in [0.717, 1.165) is 25.7 Å². The number of sulfone groups is 1. The van der Waals surface area contributed by atoms with Crippen LogP contribution in [0.1, 0.15) is 63.5 Å². The van der Waals surface area contributed by atoms with E-state index in [9.17, 15) is 26.9 Å². The highest BCUT2D eigenvalue weighted by molar-refractivity contribution is 7.92. The molecule has 3 N–H and O–H groups in total. The van der Waals surface area contributed by atoms with Gasteiger partial charge in [0.1, 0.15) is 11.0 Å². The Hall–Kier alpha value is -3.01. The Morgan fingerprint density at radius 3 is 2.59 bits per heavy atom. The van der Waals surface area contributed by atoms with Gasteiger partial charge in [-0.25, -0.2) is 8.42 Å².